The number of fused-ring (bicyclic) bond motifs is 1. The number of hydrogen-bond acceptors (Lipinski definition) is 3. The zero-order valence-corrected chi connectivity index (χ0v) is 13.1. The number of amides is 1. The van der Waals surface area contributed by atoms with Gasteiger partial charge in [-0.3, -0.25) is 14.1 Å². The van der Waals surface area contributed by atoms with Gasteiger partial charge in [0.05, 0.1) is 5.52 Å². The average Bonchev–Trinajstić information content (AvgIpc) is 2.89. The summed E-state index contributed by atoms with van der Waals surface area (Å²) in [7, 11) is 1.10. The number of hydrogen-bond donors (Lipinski definition) is 1. The molecule has 6 heteroatoms. The molecule has 1 aromatic heterocycles. The van der Waals surface area contributed by atoms with E-state index in [4.69, 9.17) is 0 Å². The summed E-state index contributed by atoms with van der Waals surface area (Å²) < 4.78 is 11.4. The third-order valence-electron chi connectivity index (χ3n) is 4.15. The molecule has 0 spiro atoms. The Balaban J connectivity index is 1.86. The molecule has 0 saturated carbocycles. The highest BCUT2D eigenvalue weighted by atomic mass is 32.2. The minimum atomic E-state index is -0.712. The van der Waals surface area contributed by atoms with Crippen LogP contribution in [0.25, 0.3) is 10.9 Å². The zero-order valence-electron chi connectivity index (χ0n) is 12.3. The number of nitrogens with zero attached hydrogens (tertiary/aromatic N) is 2. The van der Waals surface area contributed by atoms with Gasteiger partial charge in [-0.05, 0) is 31.9 Å². The van der Waals surface area contributed by atoms with Crippen LogP contribution in [0.4, 0.5) is 0 Å². The summed E-state index contributed by atoms with van der Waals surface area (Å²) in [4.78, 5) is 14.4. The average molecular weight is 305 g/mol. The molecule has 1 saturated heterocycles. The Morgan fingerprint density at radius 3 is 2.81 bits per heavy atom. The van der Waals surface area contributed by atoms with E-state index in [1.165, 1.54) is 0 Å². The molecule has 0 atom stereocenters. The van der Waals surface area contributed by atoms with Crippen molar-refractivity contribution in [3.05, 3.63) is 29.5 Å². The zero-order chi connectivity index (χ0) is 15.0. The number of rotatable bonds is 2. The molecule has 1 aromatic carbocycles. The molecular weight excluding hydrogens is 286 g/mol. The Hall–Kier alpha value is -1.69. The first kappa shape index (κ1) is 14.3. The van der Waals surface area contributed by atoms with Gasteiger partial charge in [0, 0.05) is 40.8 Å². The van der Waals surface area contributed by atoms with Gasteiger partial charge >= 0.3 is 0 Å². The van der Waals surface area contributed by atoms with Gasteiger partial charge in [0.2, 0.25) is 0 Å². The fraction of sp³-hybridized carbons (Fsp3) is 0.467. The van der Waals surface area contributed by atoms with Crippen LogP contribution in [-0.2, 0) is 10.8 Å². The summed E-state index contributed by atoms with van der Waals surface area (Å²) in [5.41, 5.74) is 2.46. The molecule has 2 aromatic rings. The van der Waals surface area contributed by atoms with Crippen LogP contribution in [-0.4, -0.2) is 49.8 Å². The van der Waals surface area contributed by atoms with Crippen LogP contribution in [0.15, 0.2) is 18.2 Å². The molecule has 1 aliphatic rings. The van der Waals surface area contributed by atoms with E-state index in [1.54, 1.807) is 4.90 Å². The van der Waals surface area contributed by atoms with Crippen molar-refractivity contribution in [2.24, 2.45) is 0 Å². The molecule has 2 heterocycles. The minimum Gasteiger partial charge on any atom is -0.337 e. The normalized spacial score (nSPS) is 22.4. The molecule has 0 unspecified atom stereocenters. The summed E-state index contributed by atoms with van der Waals surface area (Å²) >= 11 is 0. The number of aromatic nitrogens is 2. The molecule has 0 bridgehead atoms. The summed E-state index contributed by atoms with van der Waals surface area (Å²) in [6, 6.07) is 6.08. The van der Waals surface area contributed by atoms with Crippen molar-refractivity contribution in [1.29, 1.82) is 0 Å². The lowest BCUT2D eigenvalue weighted by atomic mass is 10.1. The smallest absolute Gasteiger partial charge is 0.274 e. The van der Waals surface area contributed by atoms with E-state index in [9.17, 15) is 9.00 Å². The molecular formula is C15H19N3O2S. The van der Waals surface area contributed by atoms with Gasteiger partial charge < -0.3 is 4.90 Å². The van der Waals surface area contributed by atoms with Crippen LogP contribution in [0.3, 0.4) is 0 Å². The van der Waals surface area contributed by atoms with Gasteiger partial charge in [0.1, 0.15) is 0 Å². The third kappa shape index (κ3) is 2.72. The molecule has 1 fully saturated rings. The molecule has 0 radical (unpaired) electrons. The van der Waals surface area contributed by atoms with E-state index < -0.39 is 10.8 Å². The van der Waals surface area contributed by atoms with Crippen molar-refractivity contribution < 1.29 is 9.00 Å². The van der Waals surface area contributed by atoms with E-state index in [2.05, 4.69) is 10.2 Å². The van der Waals surface area contributed by atoms with E-state index >= 15 is 0 Å². The lowest BCUT2D eigenvalue weighted by molar-refractivity contribution is 0.0718. The first-order valence-electron chi connectivity index (χ1n) is 7.13. The molecule has 112 valence electrons. The van der Waals surface area contributed by atoms with Crippen LogP contribution in [0, 0.1) is 6.92 Å². The quantitative estimate of drug-likeness (QED) is 0.921. The second kappa shape index (κ2) is 5.60. The molecule has 21 heavy (non-hydrogen) atoms. The number of carbonyl (C=O) groups excluding carboxylic acids is 1. The van der Waals surface area contributed by atoms with Gasteiger partial charge in [0.25, 0.3) is 5.91 Å². The van der Waals surface area contributed by atoms with Crippen LogP contribution < -0.4 is 0 Å². The van der Waals surface area contributed by atoms with Crippen molar-refractivity contribution in [3.63, 3.8) is 0 Å². The number of carbonyl (C=O) groups is 1. The molecule has 1 aliphatic heterocycles. The number of aromatic amines is 1. The molecule has 0 aliphatic carbocycles. The Bertz CT molecular complexity index is 700. The second-order valence-electron chi connectivity index (χ2n) is 5.62. The van der Waals surface area contributed by atoms with Crippen molar-refractivity contribution in [2.45, 2.75) is 25.8 Å². The molecule has 1 amide bonds. The van der Waals surface area contributed by atoms with E-state index in [0.29, 0.717) is 17.2 Å². The van der Waals surface area contributed by atoms with Crippen molar-refractivity contribution >= 4 is 27.6 Å². The Morgan fingerprint density at radius 1 is 1.38 bits per heavy atom. The number of benzene rings is 1. The highest BCUT2D eigenvalue weighted by Crippen LogP contribution is 2.21. The summed E-state index contributed by atoms with van der Waals surface area (Å²) in [6.07, 6.45) is 1.60. The summed E-state index contributed by atoms with van der Waals surface area (Å²) in [5.74, 6) is 1.30. The van der Waals surface area contributed by atoms with Crippen molar-refractivity contribution in [3.8, 4) is 0 Å². The third-order valence-corrected chi connectivity index (χ3v) is 5.53. The highest BCUT2D eigenvalue weighted by Gasteiger charge is 2.27. The first-order chi connectivity index (χ1) is 10.1. The second-order valence-corrected chi connectivity index (χ2v) is 7.31. The fourth-order valence-electron chi connectivity index (χ4n) is 2.79. The van der Waals surface area contributed by atoms with Crippen molar-refractivity contribution in [1.82, 2.24) is 15.1 Å². The predicted octanol–water partition coefficient (Wildman–Crippen LogP) is 1.85. The monoisotopic (exact) mass is 305 g/mol. The predicted molar refractivity (Wildman–Crippen MR) is 83.8 cm³/mol. The summed E-state index contributed by atoms with van der Waals surface area (Å²) in [5, 5.41) is 7.97. The van der Waals surface area contributed by atoms with E-state index in [-0.39, 0.29) is 11.9 Å². The van der Waals surface area contributed by atoms with Crippen LogP contribution in [0.1, 0.15) is 28.9 Å². The van der Waals surface area contributed by atoms with E-state index in [1.807, 2.05) is 32.2 Å². The lowest BCUT2D eigenvalue weighted by Crippen LogP contribution is -2.41. The highest BCUT2D eigenvalue weighted by molar-refractivity contribution is 7.85. The van der Waals surface area contributed by atoms with Gasteiger partial charge in [-0.15, -0.1) is 0 Å². The van der Waals surface area contributed by atoms with Gasteiger partial charge in [0.15, 0.2) is 5.69 Å². The van der Waals surface area contributed by atoms with Crippen LogP contribution >= 0.6 is 0 Å². The largest absolute Gasteiger partial charge is 0.337 e. The standard InChI is InChI=1S/C15H19N3O2S/c1-10-3-4-13-12(9-10)14(17-16-13)15(19)18(2)11-5-7-21(20)8-6-11/h3-4,9,11H,5-8H2,1-2H3,(H,16,17). The molecule has 3 rings (SSSR count). The number of nitrogens with one attached hydrogen (secondary N) is 1. The van der Waals surface area contributed by atoms with E-state index in [0.717, 1.165) is 29.3 Å². The van der Waals surface area contributed by atoms with Crippen LogP contribution in [0.5, 0.6) is 0 Å². The fourth-order valence-corrected chi connectivity index (χ4v) is 4.07. The SMILES string of the molecule is Cc1ccc2[nH]nc(C(=O)N(C)C3CCS(=O)CC3)c2c1. The Labute approximate surface area is 126 Å². The van der Waals surface area contributed by atoms with Gasteiger partial charge in [-0.2, -0.15) is 5.10 Å². The maximum absolute atomic E-state index is 12.7. The Morgan fingerprint density at radius 2 is 2.10 bits per heavy atom. The van der Waals surface area contributed by atoms with Gasteiger partial charge in [-0.25, -0.2) is 0 Å². The maximum Gasteiger partial charge on any atom is 0.274 e. The topological polar surface area (TPSA) is 66.1 Å². The lowest BCUT2D eigenvalue weighted by Gasteiger charge is -2.30. The first-order valence-corrected chi connectivity index (χ1v) is 8.62. The maximum atomic E-state index is 12.7. The minimum absolute atomic E-state index is 0.0652. The summed E-state index contributed by atoms with van der Waals surface area (Å²) in [6.45, 7) is 2.00. The Kier molecular flexibility index (Phi) is 3.80. The number of H-pyrrole nitrogens is 1. The van der Waals surface area contributed by atoms with Crippen LogP contribution in [0.2, 0.25) is 0 Å². The van der Waals surface area contributed by atoms with Gasteiger partial charge in [-0.1, -0.05) is 11.6 Å². The molecule has 5 nitrogen and oxygen atoms in total. The molecule has 1 N–H and O–H groups in total. The number of aryl methyl sites for hydroxylation is 1. The van der Waals surface area contributed by atoms with Crippen molar-refractivity contribution in [2.75, 3.05) is 18.6 Å².